The molecule has 27 heavy (non-hydrogen) atoms. The summed E-state index contributed by atoms with van der Waals surface area (Å²) in [5.41, 5.74) is 3.48. The molecule has 0 aromatic heterocycles. The zero-order chi connectivity index (χ0) is 20.4. The second-order valence-electron chi connectivity index (χ2n) is 6.71. The number of amides is 1. The molecule has 1 N–H and O–H groups in total. The smallest absolute Gasteiger partial charge is 0.251 e. The number of carbonyl (C=O) groups is 1. The first-order valence-electron chi connectivity index (χ1n) is 8.56. The van der Waals surface area contributed by atoms with Gasteiger partial charge in [-0.25, -0.2) is 12.7 Å². The van der Waals surface area contributed by atoms with E-state index in [0.29, 0.717) is 0 Å². The van der Waals surface area contributed by atoms with E-state index >= 15 is 0 Å². The molecule has 7 heteroatoms. The topological polar surface area (TPSA) is 75.7 Å². The summed E-state index contributed by atoms with van der Waals surface area (Å²) in [5, 5.41) is 2.94. The number of nitrogens with one attached hydrogen (secondary N) is 1. The highest BCUT2D eigenvalue weighted by molar-refractivity contribution is 7.89. The van der Waals surface area contributed by atoms with E-state index in [1.54, 1.807) is 6.07 Å². The van der Waals surface area contributed by atoms with Gasteiger partial charge in [0.1, 0.15) is 10.6 Å². The number of sulfonamides is 1. The molecular formula is C20H26N2O4S. The summed E-state index contributed by atoms with van der Waals surface area (Å²) in [7, 11) is 0.524. The summed E-state index contributed by atoms with van der Waals surface area (Å²) in [6.07, 6.45) is 0. The van der Waals surface area contributed by atoms with E-state index in [4.69, 9.17) is 4.74 Å². The number of hydrogen-bond donors (Lipinski definition) is 1. The number of benzene rings is 2. The third-order valence-corrected chi connectivity index (χ3v) is 6.27. The molecule has 0 heterocycles. The van der Waals surface area contributed by atoms with Gasteiger partial charge < -0.3 is 10.1 Å². The lowest BCUT2D eigenvalue weighted by Gasteiger charge is -2.19. The van der Waals surface area contributed by atoms with Crippen LogP contribution in [0, 0.1) is 13.8 Å². The van der Waals surface area contributed by atoms with Crippen LogP contribution in [-0.4, -0.2) is 39.8 Å². The van der Waals surface area contributed by atoms with Crippen molar-refractivity contribution in [2.45, 2.75) is 31.7 Å². The first-order chi connectivity index (χ1) is 12.6. The Kier molecular flexibility index (Phi) is 6.28. The van der Waals surface area contributed by atoms with Gasteiger partial charge in [-0.2, -0.15) is 0 Å². The molecule has 0 fully saturated rings. The zero-order valence-corrected chi connectivity index (χ0v) is 17.3. The predicted molar refractivity (Wildman–Crippen MR) is 106 cm³/mol. The third-order valence-electron chi connectivity index (χ3n) is 4.43. The summed E-state index contributed by atoms with van der Waals surface area (Å²) in [4.78, 5) is 12.7. The number of methoxy groups -OCH3 is 1. The monoisotopic (exact) mass is 390 g/mol. The number of rotatable bonds is 6. The minimum absolute atomic E-state index is 0.0398. The maximum atomic E-state index is 12.7. The molecule has 2 rings (SSSR count). The van der Waals surface area contributed by atoms with Crippen molar-refractivity contribution < 1.29 is 17.9 Å². The van der Waals surface area contributed by atoms with Crippen LogP contribution in [0.4, 0.5) is 0 Å². The number of aryl methyl sites for hydroxylation is 2. The molecule has 1 amide bonds. The standard InChI is InChI=1S/C20H26N2O4S/c1-13-7-8-14(2)17(11-13)15(3)21-20(23)16-9-10-18(26-6)19(12-16)27(24,25)22(4)5/h7-12,15H,1-6H3,(H,21,23). The van der Waals surface area contributed by atoms with Crippen molar-refractivity contribution >= 4 is 15.9 Å². The van der Waals surface area contributed by atoms with Gasteiger partial charge in [0.2, 0.25) is 10.0 Å². The van der Waals surface area contributed by atoms with Crippen molar-refractivity contribution in [1.29, 1.82) is 0 Å². The molecule has 0 aliphatic heterocycles. The fourth-order valence-electron chi connectivity index (χ4n) is 2.80. The van der Waals surface area contributed by atoms with Crippen LogP contribution in [0.2, 0.25) is 0 Å². The van der Waals surface area contributed by atoms with Crippen LogP contribution in [0.25, 0.3) is 0 Å². The molecule has 0 radical (unpaired) electrons. The second-order valence-corrected chi connectivity index (χ2v) is 8.83. The van der Waals surface area contributed by atoms with Crippen molar-refractivity contribution in [1.82, 2.24) is 9.62 Å². The van der Waals surface area contributed by atoms with Gasteiger partial charge in [-0.05, 0) is 50.1 Å². The molecule has 0 spiro atoms. The van der Waals surface area contributed by atoms with Crippen LogP contribution in [0.15, 0.2) is 41.3 Å². The van der Waals surface area contributed by atoms with E-state index in [0.717, 1.165) is 21.0 Å². The molecule has 1 unspecified atom stereocenters. The molecule has 146 valence electrons. The maximum absolute atomic E-state index is 12.7. The van der Waals surface area contributed by atoms with Gasteiger partial charge in [-0.3, -0.25) is 4.79 Å². The summed E-state index contributed by atoms with van der Waals surface area (Å²) in [6, 6.07) is 10.3. The van der Waals surface area contributed by atoms with Crippen LogP contribution in [0.1, 0.15) is 40.0 Å². The van der Waals surface area contributed by atoms with E-state index in [1.807, 2.05) is 39.0 Å². The van der Waals surface area contributed by atoms with Gasteiger partial charge in [-0.1, -0.05) is 23.8 Å². The first-order valence-corrected chi connectivity index (χ1v) is 10.0. The molecule has 0 saturated heterocycles. The Labute approximate surface area is 161 Å². The Bertz CT molecular complexity index is 952. The van der Waals surface area contributed by atoms with Crippen LogP contribution < -0.4 is 10.1 Å². The average Bonchev–Trinajstić information content (AvgIpc) is 2.62. The number of hydrogen-bond acceptors (Lipinski definition) is 4. The molecule has 6 nitrogen and oxygen atoms in total. The van der Waals surface area contributed by atoms with E-state index in [2.05, 4.69) is 5.32 Å². The molecule has 0 saturated carbocycles. The van der Waals surface area contributed by atoms with Crippen molar-refractivity contribution in [3.63, 3.8) is 0 Å². The summed E-state index contributed by atoms with van der Waals surface area (Å²) in [6.45, 7) is 5.90. The Balaban J connectivity index is 2.35. The lowest BCUT2D eigenvalue weighted by atomic mass is 9.99. The van der Waals surface area contributed by atoms with E-state index in [1.165, 1.54) is 33.3 Å². The molecule has 1 atom stereocenters. The lowest BCUT2D eigenvalue weighted by Crippen LogP contribution is -2.28. The summed E-state index contributed by atoms with van der Waals surface area (Å²) >= 11 is 0. The number of nitrogens with zero attached hydrogens (tertiary/aromatic N) is 1. The molecule has 0 aliphatic rings. The fraction of sp³-hybridized carbons (Fsp3) is 0.350. The molecule has 0 aliphatic carbocycles. The predicted octanol–water partition coefficient (Wildman–Crippen LogP) is 3.05. The Morgan fingerprint density at radius 3 is 2.37 bits per heavy atom. The van der Waals surface area contributed by atoms with Crippen molar-refractivity contribution in [2.75, 3.05) is 21.2 Å². The van der Waals surface area contributed by atoms with Crippen LogP contribution in [0.5, 0.6) is 5.75 Å². The van der Waals surface area contributed by atoms with Crippen molar-refractivity contribution in [3.05, 3.63) is 58.7 Å². The van der Waals surface area contributed by atoms with Crippen molar-refractivity contribution in [2.24, 2.45) is 0 Å². The normalized spacial score (nSPS) is 12.7. The molecule has 2 aromatic carbocycles. The Hall–Kier alpha value is -2.38. The highest BCUT2D eigenvalue weighted by atomic mass is 32.2. The minimum Gasteiger partial charge on any atom is -0.495 e. The van der Waals surface area contributed by atoms with E-state index in [9.17, 15) is 13.2 Å². The van der Waals surface area contributed by atoms with Gasteiger partial charge in [0, 0.05) is 19.7 Å². The molecule has 2 aromatic rings. The molecular weight excluding hydrogens is 364 g/mol. The summed E-state index contributed by atoms with van der Waals surface area (Å²) in [5.74, 6) is -0.149. The number of ether oxygens (including phenoxy) is 1. The first kappa shape index (κ1) is 20.9. The minimum atomic E-state index is -3.74. The number of carbonyl (C=O) groups excluding carboxylic acids is 1. The highest BCUT2D eigenvalue weighted by Gasteiger charge is 2.24. The molecule has 0 bridgehead atoms. The van der Waals surface area contributed by atoms with Crippen molar-refractivity contribution in [3.8, 4) is 5.75 Å². The second kappa shape index (κ2) is 8.10. The van der Waals surface area contributed by atoms with Gasteiger partial charge in [-0.15, -0.1) is 0 Å². The zero-order valence-electron chi connectivity index (χ0n) is 16.5. The SMILES string of the molecule is COc1ccc(C(=O)NC(C)c2cc(C)ccc2C)cc1S(=O)(=O)N(C)C. The van der Waals surface area contributed by atoms with Gasteiger partial charge >= 0.3 is 0 Å². The average molecular weight is 391 g/mol. The lowest BCUT2D eigenvalue weighted by molar-refractivity contribution is 0.0939. The third kappa shape index (κ3) is 4.48. The van der Waals surface area contributed by atoms with Gasteiger partial charge in [0.15, 0.2) is 0 Å². The largest absolute Gasteiger partial charge is 0.495 e. The van der Waals surface area contributed by atoms with Gasteiger partial charge in [0.05, 0.1) is 13.2 Å². The van der Waals surface area contributed by atoms with Crippen LogP contribution in [0.3, 0.4) is 0 Å². The fourth-order valence-corrected chi connectivity index (χ4v) is 3.88. The maximum Gasteiger partial charge on any atom is 0.251 e. The summed E-state index contributed by atoms with van der Waals surface area (Å²) < 4.78 is 31.3. The Morgan fingerprint density at radius 2 is 1.78 bits per heavy atom. The van der Waals surface area contributed by atoms with Crippen LogP contribution >= 0.6 is 0 Å². The van der Waals surface area contributed by atoms with Crippen LogP contribution in [-0.2, 0) is 10.0 Å². The Morgan fingerprint density at radius 1 is 1.11 bits per heavy atom. The van der Waals surface area contributed by atoms with Gasteiger partial charge in [0.25, 0.3) is 5.91 Å². The quantitative estimate of drug-likeness (QED) is 0.823. The highest BCUT2D eigenvalue weighted by Crippen LogP contribution is 2.27. The van der Waals surface area contributed by atoms with E-state index < -0.39 is 10.0 Å². The van der Waals surface area contributed by atoms with E-state index in [-0.39, 0.29) is 28.2 Å².